The quantitative estimate of drug-likeness (QED) is 0.805. The molecule has 0 fully saturated rings. The molecule has 0 saturated carbocycles. The van der Waals surface area contributed by atoms with Gasteiger partial charge in [0.05, 0.1) is 0 Å². The van der Waals surface area contributed by atoms with E-state index in [0.717, 1.165) is 5.56 Å². The maximum Gasteiger partial charge on any atom is 0.488 e. The van der Waals surface area contributed by atoms with Gasteiger partial charge in [0.15, 0.2) is 0 Å². The molecule has 0 unspecified atom stereocenters. The molecule has 2 aromatic carbocycles. The van der Waals surface area contributed by atoms with Crippen molar-refractivity contribution in [1.82, 2.24) is 4.90 Å². The van der Waals surface area contributed by atoms with Crippen LogP contribution in [0.25, 0.3) is 0 Å². The number of nitrogens with zero attached hydrogens (tertiary/aromatic N) is 1. The molecule has 128 valence electrons. The van der Waals surface area contributed by atoms with Gasteiger partial charge in [-0.3, -0.25) is 0 Å². The summed E-state index contributed by atoms with van der Waals surface area (Å²) in [5, 5.41) is 12.0. The SMILES string of the molecule is CN(Cc1cccc(O)c1)C(=O)Nc1ccc(OS(=O)(=O)F)cc1. The Kier molecular flexibility index (Phi) is 5.24. The van der Waals surface area contributed by atoms with Crippen LogP contribution in [0.15, 0.2) is 48.5 Å². The third-order valence-corrected chi connectivity index (χ3v) is 3.37. The minimum atomic E-state index is -5.08. The number of aromatic hydroxyl groups is 1. The number of carbonyl (C=O) groups is 1. The molecule has 0 heterocycles. The van der Waals surface area contributed by atoms with Crippen molar-refractivity contribution in [2.45, 2.75) is 6.54 Å². The van der Waals surface area contributed by atoms with E-state index in [1.54, 1.807) is 25.2 Å². The minimum Gasteiger partial charge on any atom is -0.508 e. The van der Waals surface area contributed by atoms with E-state index in [9.17, 15) is 22.2 Å². The van der Waals surface area contributed by atoms with Crippen LogP contribution in [0.1, 0.15) is 5.56 Å². The van der Waals surface area contributed by atoms with Gasteiger partial charge >= 0.3 is 16.5 Å². The lowest BCUT2D eigenvalue weighted by atomic mass is 10.2. The Morgan fingerprint density at radius 2 is 1.92 bits per heavy atom. The Morgan fingerprint density at radius 1 is 1.25 bits per heavy atom. The van der Waals surface area contributed by atoms with E-state index < -0.39 is 16.5 Å². The summed E-state index contributed by atoms with van der Waals surface area (Å²) in [6.45, 7) is 0.279. The Hall–Kier alpha value is -2.81. The van der Waals surface area contributed by atoms with Crippen molar-refractivity contribution in [1.29, 1.82) is 0 Å². The fraction of sp³-hybridized carbons (Fsp3) is 0.133. The molecule has 2 amide bonds. The van der Waals surface area contributed by atoms with Gasteiger partial charge in [-0.25, -0.2) is 4.79 Å². The predicted octanol–water partition coefficient (Wildman–Crippen LogP) is 2.65. The fourth-order valence-electron chi connectivity index (χ4n) is 1.93. The number of halogens is 1. The Balaban J connectivity index is 1.96. The number of anilines is 1. The highest BCUT2D eigenvalue weighted by molar-refractivity contribution is 7.81. The second-order valence-electron chi connectivity index (χ2n) is 4.96. The van der Waals surface area contributed by atoms with E-state index in [4.69, 9.17) is 0 Å². The number of hydrogen-bond donors (Lipinski definition) is 2. The van der Waals surface area contributed by atoms with Crippen molar-refractivity contribution in [3.8, 4) is 11.5 Å². The molecule has 24 heavy (non-hydrogen) atoms. The zero-order valence-electron chi connectivity index (χ0n) is 12.6. The molecule has 0 spiro atoms. The Labute approximate surface area is 138 Å². The smallest absolute Gasteiger partial charge is 0.488 e. The predicted molar refractivity (Wildman–Crippen MR) is 85.7 cm³/mol. The number of nitrogens with one attached hydrogen (secondary N) is 1. The summed E-state index contributed by atoms with van der Waals surface area (Å²) in [4.78, 5) is 13.5. The Bertz CT molecular complexity index is 824. The summed E-state index contributed by atoms with van der Waals surface area (Å²) >= 11 is 0. The monoisotopic (exact) mass is 354 g/mol. The molecule has 7 nitrogen and oxygen atoms in total. The first-order chi connectivity index (χ1) is 11.2. The zero-order chi connectivity index (χ0) is 17.7. The standard InChI is InChI=1S/C15H15FN2O5S/c1-18(10-11-3-2-4-13(19)9-11)15(20)17-12-5-7-14(8-6-12)23-24(16,21)22/h2-9,19H,10H2,1H3,(H,17,20). The van der Waals surface area contributed by atoms with Gasteiger partial charge in [-0.05, 0) is 42.0 Å². The molecule has 2 N–H and O–H groups in total. The highest BCUT2D eigenvalue weighted by Gasteiger charge is 2.12. The van der Waals surface area contributed by atoms with Crippen LogP contribution in [0, 0.1) is 0 Å². The van der Waals surface area contributed by atoms with Crippen LogP contribution in [-0.2, 0) is 17.0 Å². The van der Waals surface area contributed by atoms with Crippen molar-refractivity contribution in [2.24, 2.45) is 0 Å². The van der Waals surface area contributed by atoms with E-state index in [0.29, 0.717) is 5.69 Å². The zero-order valence-corrected chi connectivity index (χ0v) is 13.5. The summed E-state index contributed by atoms with van der Waals surface area (Å²) in [7, 11) is -3.50. The van der Waals surface area contributed by atoms with E-state index >= 15 is 0 Å². The summed E-state index contributed by atoms with van der Waals surface area (Å²) in [5.74, 6) is -0.0941. The second kappa shape index (κ2) is 7.18. The lowest BCUT2D eigenvalue weighted by molar-refractivity contribution is 0.220. The molecular formula is C15H15FN2O5S. The van der Waals surface area contributed by atoms with Gasteiger partial charge in [0, 0.05) is 19.3 Å². The first-order valence-corrected chi connectivity index (χ1v) is 8.08. The number of amides is 2. The van der Waals surface area contributed by atoms with E-state index in [-0.39, 0.29) is 18.0 Å². The average Bonchev–Trinajstić information content (AvgIpc) is 2.47. The molecule has 0 aromatic heterocycles. The first-order valence-electron chi connectivity index (χ1n) is 6.77. The molecule has 0 bridgehead atoms. The summed E-state index contributed by atoms with van der Waals surface area (Å²) in [6, 6.07) is 11.3. The highest BCUT2D eigenvalue weighted by atomic mass is 32.3. The molecule has 2 rings (SSSR count). The van der Waals surface area contributed by atoms with Gasteiger partial charge in [-0.2, -0.15) is 8.42 Å². The fourth-order valence-corrected chi connectivity index (χ4v) is 2.27. The number of phenolic OH excluding ortho intramolecular Hbond substituents is 1. The van der Waals surface area contributed by atoms with E-state index in [1.807, 2.05) is 0 Å². The van der Waals surface area contributed by atoms with Crippen LogP contribution in [0.4, 0.5) is 14.4 Å². The third-order valence-electron chi connectivity index (χ3n) is 2.98. The first kappa shape index (κ1) is 17.5. The second-order valence-corrected chi connectivity index (χ2v) is 5.91. The minimum absolute atomic E-state index is 0.111. The molecule has 9 heteroatoms. The molecule has 2 aromatic rings. The van der Waals surface area contributed by atoms with Crippen molar-refractivity contribution < 1.29 is 26.4 Å². The van der Waals surface area contributed by atoms with Crippen LogP contribution in [0.5, 0.6) is 11.5 Å². The number of rotatable bonds is 5. The molecule has 0 atom stereocenters. The Morgan fingerprint density at radius 3 is 2.50 bits per heavy atom. The van der Waals surface area contributed by atoms with Crippen molar-refractivity contribution >= 4 is 22.2 Å². The lowest BCUT2D eigenvalue weighted by Gasteiger charge is -2.18. The number of phenols is 1. The van der Waals surface area contributed by atoms with Gasteiger partial charge in [-0.1, -0.05) is 16.0 Å². The summed E-state index contributed by atoms with van der Waals surface area (Å²) < 4.78 is 37.2. The molecule has 0 saturated heterocycles. The number of carbonyl (C=O) groups excluding carboxylic acids is 1. The van der Waals surface area contributed by atoms with Crippen LogP contribution in [0.3, 0.4) is 0 Å². The number of urea groups is 1. The van der Waals surface area contributed by atoms with Gasteiger partial charge in [-0.15, -0.1) is 0 Å². The normalized spacial score (nSPS) is 10.9. The molecule has 0 aliphatic heterocycles. The van der Waals surface area contributed by atoms with Crippen LogP contribution < -0.4 is 9.50 Å². The number of hydrogen-bond acceptors (Lipinski definition) is 5. The van der Waals surface area contributed by atoms with Crippen molar-refractivity contribution in [3.63, 3.8) is 0 Å². The molecule has 0 aliphatic rings. The topological polar surface area (TPSA) is 95.9 Å². The molecule has 0 aliphatic carbocycles. The largest absolute Gasteiger partial charge is 0.508 e. The molecule has 0 radical (unpaired) electrons. The lowest BCUT2D eigenvalue weighted by Crippen LogP contribution is -2.30. The summed E-state index contributed by atoms with van der Waals surface area (Å²) in [6.07, 6.45) is 0. The van der Waals surface area contributed by atoms with Gasteiger partial charge in [0.25, 0.3) is 0 Å². The highest BCUT2D eigenvalue weighted by Crippen LogP contribution is 2.18. The van der Waals surface area contributed by atoms with Crippen LogP contribution in [-0.4, -0.2) is 31.5 Å². The maximum atomic E-state index is 12.4. The average molecular weight is 354 g/mol. The van der Waals surface area contributed by atoms with Crippen LogP contribution in [0.2, 0.25) is 0 Å². The third kappa shape index (κ3) is 5.43. The van der Waals surface area contributed by atoms with Crippen LogP contribution >= 0.6 is 0 Å². The van der Waals surface area contributed by atoms with Crippen molar-refractivity contribution in [3.05, 3.63) is 54.1 Å². The maximum absolute atomic E-state index is 12.4. The summed E-state index contributed by atoms with van der Waals surface area (Å²) in [5.41, 5.74) is 1.14. The number of benzene rings is 2. The van der Waals surface area contributed by atoms with Gasteiger partial charge < -0.3 is 19.5 Å². The van der Waals surface area contributed by atoms with E-state index in [1.165, 1.54) is 35.2 Å². The van der Waals surface area contributed by atoms with Gasteiger partial charge in [0.1, 0.15) is 11.5 Å². The van der Waals surface area contributed by atoms with Crippen molar-refractivity contribution in [2.75, 3.05) is 12.4 Å². The van der Waals surface area contributed by atoms with E-state index in [2.05, 4.69) is 9.50 Å². The van der Waals surface area contributed by atoms with Gasteiger partial charge in [0.2, 0.25) is 0 Å². The molecular weight excluding hydrogens is 339 g/mol.